The van der Waals surface area contributed by atoms with Crippen molar-refractivity contribution in [2.45, 2.75) is 23.6 Å². The number of aliphatic hydroxyl groups is 1. The highest BCUT2D eigenvalue weighted by atomic mass is 32.2. The van der Waals surface area contributed by atoms with Crippen molar-refractivity contribution in [2.24, 2.45) is 10.3 Å². The van der Waals surface area contributed by atoms with Gasteiger partial charge in [0, 0.05) is 12.3 Å². The summed E-state index contributed by atoms with van der Waals surface area (Å²) in [5, 5.41) is 37.7. The van der Waals surface area contributed by atoms with Crippen molar-refractivity contribution in [3.8, 4) is 0 Å². The van der Waals surface area contributed by atoms with Crippen LogP contribution < -0.4 is 15.2 Å². The van der Waals surface area contributed by atoms with Crippen LogP contribution in [0.15, 0.2) is 33.0 Å². The summed E-state index contributed by atoms with van der Waals surface area (Å²) in [5.74, 6) is -0.352. The molecular formula is C14H17FN6O5S2. The first-order chi connectivity index (χ1) is 13.3. The molecule has 0 spiro atoms. The maximum Gasteiger partial charge on any atom is 0.274 e. The summed E-state index contributed by atoms with van der Waals surface area (Å²) in [5.41, 5.74) is 1.83. The number of oxime groups is 1. The first-order valence-corrected chi connectivity index (χ1v) is 10.5. The van der Waals surface area contributed by atoms with Crippen molar-refractivity contribution < 1.29 is 27.8 Å². The average Bonchev–Trinajstić information content (AvgIpc) is 3.09. The molecule has 2 aromatic rings. The number of rotatable bonds is 8. The SMILES string of the molecule is NS(=O)(=O)NC[C@H](O)CSc1nonc1/C(=N/O)N[C@H]1Cc2ccc(F)cc21. The molecule has 1 aliphatic carbocycles. The quantitative estimate of drug-likeness (QED) is 0.121. The molecule has 0 bridgehead atoms. The standard InChI is InChI=1S/C14H17FN6O5S2/c15-8-2-1-7-3-11(10(7)4-8)18-13(19-23)12-14(21-26-20-12)27-6-9(22)5-17-28(16,24)25/h1-2,4,9,11,17,22-23H,3,5-6H2,(H,18,19)(H2,16,24,25)/t9-,11-/m0/s1. The zero-order chi connectivity index (χ0) is 20.3. The van der Waals surface area contributed by atoms with Gasteiger partial charge in [-0.15, -0.1) is 0 Å². The molecule has 1 aromatic heterocycles. The Hall–Kier alpha value is -2.26. The van der Waals surface area contributed by atoms with Crippen LogP contribution in [0.25, 0.3) is 0 Å². The molecule has 0 saturated heterocycles. The molecule has 152 valence electrons. The number of hydrogen-bond acceptors (Lipinski definition) is 9. The number of amidine groups is 1. The van der Waals surface area contributed by atoms with E-state index >= 15 is 0 Å². The lowest BCUT2D eigenvalue weighted by Crippen LogP contribution is -2.37. The van der Waals surface area contributed by atoms with Crippen LogP contribution in [0.2, 0.25) is 0 Å². The molecule has 14 heteroatoms. The van der Waals surface area contributed by atoms with E-state index in [0.717, 1.165) is 22.9 Å². The Morgan fingerprint density at radius 1 is 1.50 bits per heavy atom. The van der Waals surface area contributed by atoms with Crippen LogP contribution in [0, 0.1) is 5.82 Å². The predicted molar refractivity (Wildman–Crippen MR) is 96.4 cm³/mol. The number of benzene rings is 1. The van der Waals surface area contributed by atoms with Gasteiger partial charge in [-0.05, 0) is 40.0 Å². The molecule has 0 saturated carbocycles. The van der Waals surface area contributed by atoms with Gasteiger partial charge in [0.15, 0.2) is 16.6 Å². The summed E-state index contributed by atoms with van der Waals surface area (Å²) in [7, 11) is -3.91. The first kappa shape index (κ1) is 20.5. The number of fused-ring (bicyclic) bond motifs is 1. The summed E-state index contributed by atoms with van der Waals surface area (Å²) < 4.78 is 41.7. The molecule has 0 fully saturated rings. The topological polar surface area (TPSA) is 176 Å². The number of aliphatic hydroxyl groups excluding tert-OH is 1. The second-order valence-corrected chi connectivity index (χ2v) is 8.36. The molecule has 0 unspecified atom stereocenters. The van der Waals surface area contributed by atoms with Crippen LogP contribution in [-0.2, 0) is 16.6 Å². The highest BCUT2D eigenvalue weighted by molar-refractivity contribution is 7.99. The van der Waals surface area contributed by atoms with Crippen LogP contribution in [-0.4, -0.2) is 53.3 Å². The number of hydrogen-bond donors (Lipinski definition) is 5. The molecule has 1 heterocycles. The van der Waals surface area contributed by atoms with E-state index in [4.69, 9.17) is 5.14 Å². The Labute approximate surface area is 163 Å². The van der Waals surface area contributed by atoms with Crippen molar-refractivity contribution in [1.82, 2.24) is 20.4 Å². The zero-order valence-electron chi connectivity index (χ0n) is 14.2. The van der Waals surface area contributed by atoms with E-state index in [2.05, 4.69) is 25.4 Å². The maximum absolute atomic E-state index is 13.4. The van der Waals surface area contributed by atoms with E-state index in [1.165, 1.54) is 12.1 Å². The lowest BCUT2D eigenvalue weighted by molar-refractivity contribution is 0.203. The molecule has 6 N–H and O–H groups in total. The van der Waals surface area contributed by atoms with Crippen molar-refractivity contribution >= 4 is 27.8 Å². The molecule has 1 aromatic carbocycles. The van der Waals surface area contributed by atoms with Crippen LogP contribution in [0.5, 0.6) is 0 Å². The Morgan fingerprint density at radius 3 is 3.00 bits per heavy atom. The average molecular weight is 432 g/mol. The first-order valence-electron chi connectivity index (χ1n) is 7.95. The van der Waals surface area contributed by atoms with E-state index in [9.17, 15) is 23.1 Å². The Balaban J connectivity index is 1.62. The monoisotopic (exact) mass is 432 g/mol. The van der Waals surface area contributed by atoms with Crippen molar-refractivity contribution in [2.75, 3.05) is 12.3 Å². The molecule has 11 nitrogen and oxygen atoms in total. The van der Waals surface area contributed by atoms with Crippen molar-refractivity contribution in [3.05, 3.63) is 40.8 Å². The minimum atomic E-state index is -3.91. The summed E-state index contributed by atoms with van der Waals surface area (Å²) in [6.45, 7) is -0.282. The summed E-state index contributed by atoms with van der Waals surface area (Å²) >= 11 is 1.01. The van der Waals surface area contributed by atoms with Gasteiger partial charge < -0.3 is 15.6 Å². The number of aromatic nitrogens is 2. The van der Waals surface area contributed by atoms with Gasteiger partial charge in [0.2, 0.25) is 0 Å². The molecule has 28 heavy (non-hydrogen) atoms. The van der Waals surface area contributed by atoms with E-state index in [1.54, 1.807) is 6.07 Å². The van der Waals surface area contributed by atoms with Crippen LogP contribution in [0.3, 0.4) is 0 Å². The van der Waals surface area contributed by atoms with Crippen LogP contribution >= 0.6 is 11.8 Å². The van der Waals surface area contributed by atoms with Gasteiger partial charge in [0.1, 0.15) is 5.82 Å². The predicted octanol–water partition coefficient (Wildman–Crippen LogP) is -0.522. The minimum absolute atomic E-state index is 0.0270. The van der Waals surface area contributed by atoms with Crippen LogP contribution in [0.4, 0.5) is 4.39 Å². The van der Waals surface area contributed by atoms with E-state index < -0.39 is 16.3 Å². The third kappa shape index (κ3) is 4.96. The second-order valence-electron chi connectivity index (χ2n) is 5.97. The van der Waals surface area contributed by atoms with Gasteiger partial charge in [-0.1, -0.05) is 23.0 Å². The molecule has 2 atom stereocenters. The third-order valence-corrected chi connectivity index (χ3v) is 5.60. The number of thioether (sulfide) groups is 1. The highest BCUT2D eigenvalue weighted by Gasteiger charge is 2.30. The summed E-state index contributed by atoms with van der Waals surface area (Å²) in [6.07, 6.45) is -0.447. The van der Waals surface area contributed by atoms with Crippen molar-refractivity contribution in [3.63, 3.8) is 0 Å². The van der Waals surface area contributed by atoms with E-state index in [1.807, 2.05) is 4.72 Å². The minimum Gasteiger partial charge on any atom is -0.409 e. The Bertz CT molecular complexity index is 982. The second kappa shape index (κ2) is 8.40. The number of halogens is 1. The number of nitrogens with two attached hydrogens (primary N) is 1. The van der Waals surface area contributed by atoms with Gasteiger partial charge in [0.05, 0.1) is 12.1 Å². The fraction of sp³-hybridized carbons (Fsp3) is 0.357. The fourth-order valence-corrected chi connectivity index (χ4v) is 3.83. The maximum atomic E-state index is 13.4. The van der Waals surface area contributed by atoms with Gasteiger partial charge in [-0.2, -0.15) is 13.1 Å². The van der Waals surface area contributed by atoms with Gasteiger partial charge in [0.25, 0.3) is 10.2 Å². The molecule has 0 amide bonds. The molecule has 1 aliphatic rings. The van der Waals surface area contributed by atoms with E-state index in [0.29, 0.717) is 6.42 Å². The fourth-order valence-electron chi connectivity index (χ4n) is 2.58. The van der Waals surface area contributed by atoms with Gasteiger partial charge in [-0.3, -0.25) is 0 Å². The number of nitrogens with zero attached hydrogens (tertiary/aromatic N) is 3. The summed E-state index contributed by atoms with van der Waals surface area (Å²) in [4.78, 5) is 0. The number of nitrogens with one attached hydrogen (secondary N) is 2. The summed E-state index contributed by atoms with van der Waals surface area (Å²) in [6, 6.07) is 4.20. The smallest absolute Gasteiger partial charge is 0.274 e. The molecule has 0 radical (unpaired) electrons. The molecule has 3 rings (SSSR count). The molecular weight excluding hydrogens is 415 g/mol. The Kier molecular flexibility index (Phi) is 6.14. The van der Waals surface area contributed by atoms with Gasteiger partial charge >= 0.3 is 0 Å². The van der Waals surface area contributed by atoms with Crippen molar-refractivity contribution in [1.29, 1.82) is 0 Å². The third-order valence-electron chi connectivity index (χ3n) is 3.93. The normalized spacial score (nSPS) is 17.7. The Morgan fingerprint density at radius 2 is 2.29 bits per heavy atom. The highest BCUT2D eigenvalue weighted by Crippen LogP contribution is 2.34. The lowest BCUT2D eigenvalue weighted by Gasteiger charge is -2.31. The lowest BCUT2D eigenvalue weighted by atomic mass is 9.83. The zero-order valence-corrected chi connectivity index (χ0v) is 15.9. The van der Waals surface area contributed by atoms with Crippen LogP contribution in [0.1, 0.15) is 22.9 Å². The van der Waals surface area contributed by atoms with E-state index in [-0.39, 0.29) is 40.7 Å². The molecule has 0 aliphatic heterocycles. The van der Waals surface area contributed by atoms with Gasteiger partial charge in [-0.25, -0.2) is 14.2 Å². The largest absolute Gasteiger partial charge is 0.409 e.